The lowest BCUT2D eigenvalue weighted by Crippen LogP contribution is -2.45. The number of carbonyl (C=O) groups is 3. The van der Waals surface area contributed by atoms with Crippen LogP contribution in [0.5, 0.6) is 0 Å². The lowest BCUT2D eigenvalue weighted by atomic mass is 10.2. The van der Waals surface area contributed by atoms with Gasteiger partial charge in [0, 0.05) is 30.2 Å². The molecule has 35 heavy (non-hydrogen) atoms. The SMILES string of the molecule is CSCO[C@H]1C[C@H](n2cc(C)c(=O)n(C(=O)c3ccccc3)c2=O)O[C@@H]1COC(=O)CCC(C)=O. The number of nitrogens with zero attached hydrogens (tertiary/aromatic N) is 2. The maximum Gasteiger partial charge on any atom is 0.340 e. The maximum atomic E-state index is 13.2. The summed E-state index contributed by atoms with van der Waals surface area (Å²) in [6.07, 6.45) is 1.51. The van der Waals surface area contributed by atoms with E-state index in [0.717, 1.165) is 0 Å². The molecule has 0 amide bonds. The molecule has 0 spiro atoms. The summed E-state index contributed by atoms with van der Waals surface area (Å²) >= 11 is 1.45. The monoisotopic (exact) mass is 504 g/mol. The number of aromatic nitrogens is 2. The third-order valence-electron chi connectivity index (χ3n) is 5.49. The van der Waals surface area contributed by atoms with Crippen LogP contribution in [0.3, 0.4) is 0 Å². The Morgan fingerprint density at radius 3 is 2.51 bits per heavy atom. The van der Waals surface area contributed by atoms with Gasteiger partial charge in [0.1, 0.15) is 24.7 Å². The number of ether oxygens (including phenoxy) is 3. The zero-order valence-electron chi connectivity index (χ0n) is 19.8. The molecule has 0 unspecified atom stereocenters. The molecule has 2 aromatic rings. The second-order valence-electron chi connectivity index (χ2n) is 8.18. The van der Waals surface area contributed by atoms with Crippen LogP contribution in [0.2, 0.25) is 0 Å². The molecule has 3 rings (SSSR count). The van der Waals surface area contributed by atoms with Gasteiger partial charge < -0.3 is 19.0 Å². The van der Waals surface area contributed by atoms with Crippen LogP contribution in [-0.4, -0.2) is 57.8 Å². The molecule has 10 nitrogen and oxygen atoms in total. The minimum atomic E-state index is -0.843. The Morgan fingerprint density at radius 2 is 1.86 bits per heavy atom. The molecular weight excluding hydrogens is 476 g/mol. The third kappa shape index (κ3) is 6.56. The highest BCUT2D eigenvalue weighted by Gasteiger charge is 2.39. The van der Waals surface area contributed by atoms with Crippen LogP contribution < -0.4 is 11.2 Å². The second-order valence-corrected chi connectivity index (χ2v) is 8.99. The summed E-state index contributed by atoms with van der Waals surface area (Å²) in [5, 5.41) is 0. The van der Waals surface area contributed by atoms with E-state index in [-0.39, 0.29) is 42.8 Å². The first-order chi connectivity index (χ1) is 16.7. The van der Waals surface area contributed by atoms with Gasteiger partial charge in [-0.25, -0.2) is 4.79 Å². The van der Waals surface area contributed by atoms with Gasteiger partial charge in [-0.1, -0.05) is 18.2 Å². The number of esters is 1. The average Bonchev–Trinajstić information content (AvgIpc) is 3.25. The zero-order valence-corrected chi connectivity index (χ0v) is 20.6. The number of hydrogen-bond acceptors (Lipinski definition) is 9. The first-order valence-electron chi connectivity index (χ1n) is 11.1. The summed E-state index contributed by atoms with van der Waals surface area (Å²) < 4.78 is 18.9. The van der Waals surface area contributed by atoms with Crippen LogP contribution in [0.15, 0.2) is 46.1 Å². The van der Waals surface area contributed by atoms with E-state index in [4.69, 9.17) is 14.2 Å². The van der Waals surface area contributed by atoms with Crippen molar-refractivity contribution in [2.75, 3.05) is 18.8 Å². The van der Waals surface area contributed by atoms with Crippen molar-refractivity contribution in [2.24, 2.45) is 0 Å². The third-order valence-corrected chi connectivity index (χ3v) is 5.86. The van der Waals surface area contributed by atoms with Crippen molar-refractivity contribution in [1.29, 1.82) is 0 Å². The molecule has 0 N–H and O–H groups in total. The van der Waals surface area contributed by atoms with Crippen LogP contribution >= 0.6 is 11.8 Å². The van der Waals surface area contributed by atoms with Gasteiger partial charge in [0.05, 0.1) is 18.5 Å². The smallest absolute Gasteiger partial charge is 0.340 e. The number of hydrogen-bond donors (Lipinski definition) is 0. The van der Waals surface area contributed by atoms with Gasteiger partial charge in [-0.15, -0.1) is 11.8 Å². The van der Waals surface area contributed by atoms with Gasteiger partial charge in [-0.3, -0.25) is 19.0 Å². The molecule has 0 saturated carbocycles. The molecule has 0 radical (unpaired) electrons. The van der Waals surface area contributed by atoms with Gasteiger partial charge in [-0.2, -0.15) is 4.57 Å². The molecule has 1 aliphatic rings. The van der Waals surface area contributed by atoms with E-state index in [1.165, 1.54) is 48.5 Å². The minimum Gasteiger partial charge on any atom is -0.463 e. The predicted octanol–water partition coefficient (Wildman–Crippen LogP) is 1.91. The normalized spacial score (nSPS) is 19.5. The van der Waals surface area contributed by atoms with Crippen LogP contribution in [-0.2, 0) is 23.8 Å². The highest BCUT2D eigenvalue weighted by atomic mass is 32.2. The number of benzene rings is 1. The lowest BCUT2D eigenvalue weighted by molar-refractivity contribution is -0.151. The number of aryl methyl sites for hydroxylation is 1. The van der Waals surface area contributed by atoms with Crippen molar-refractivity contribution < 1.29 is 28.6 Å². The van der Waals surface area contributed by atoms with Crippen LogP contribution in [0.25, 0.3) is 0 Å². The predicted molar refractivity (Wildman–Crippen MR) is 129 cm³/mol. The topological polar surface area (TPSA) is 123 Å². The molecule has 1 aromatic heterocycles. The fourth-order valence-corrected chi connectivity index (χ4v) is 3.98. The Labute approximate surface area is 206 Å². The molecule has 11 heteroatoms. The first-order valence-corrected chi connectivity index (χ1v) is 12.5. The molecule has 0 aliphatic carbocycles. The Balaban J connectivity index is 1.85. The maximum absolute atomic E-state index is 13.2. The molecule has 3 atom stereocenters. The number of rotatable bonds is 10. The number of ketones is 1. The van der Waals surface area contributed by atoms with Gasteiger partial charge in [0.2, 0.25) is 0 Å². The fourth-order valence-electron chi connectivity index (χ4n) is 3.67. The van der Waals surface area contributed by atoms with E-state index in [1.54, 1.807) is 18.2 Å². The van der Waals surface area contributed by atoms with Crippen molar-refractivity contribution in [2.45, 2.75) is 51.5 Å². The summed E-state index contributed by atoms with van der Waals surface area (Å²) in [5.41, 5.74) is -1.14. The van der Waals surface area contributed by atoms with Crippen LogP contribution in [0, 0.1) is 6.92 Å². The Hall–Kier alpha value is -3.02. The van der Waals surface area contributed by atoms with E-state index in [9.17, 15) is 24.0 Å². The van der Waals surface area contributed by atoms with E-state index in [2.05, 4.69) is 0 Å². The van der Waals surface area contributed by atoms with Crippen LogP contribution in [0.4, 0.5) is 0 Å². The summed E-state index contributed by atoms with van der Waals surface area (Å²) in [6.45, 7) is 2.78. The van der Waals surface area contributed by atoms with E-state index in [1.807, 2.05) is 6.26 Å². The first kappa shape index (κ1) is 26.6. The molecule has 1 aromatic carbocycles. The summed E-state index contributed by atoms with van der Waals surface area (Å²) in [5.74, 6) is -1.03. The lowest BCUT2D eigenvalue weighted by Gasteiger charge is -2.19. The average molecular weight is 505 g/mol. The standard InChI is InChI=1S/C24H28N2O8S/c1-15-12-25(24(31)26(22(15)29)23(30)17-7-5-4-6-8-17)20-11-18(33-14-35-3)19(34-20)13-32-21(28)10-9-16(2)27/h4-8,12,18-20H,9-11,13-14H2,1-3H3/t18-,19+,20+/m0/s1. The largest absolute Gasteiger partial charge is 0.463 e. The molecule has 188 valence electrons. The molecular formula is C24H28N2O8S. The van der Waals surface area contributed by atoms with Gasteiger partial charge in [0.15, 0.2) is 0 Å². The Kier molecular flexibility index (Phi) is 9.19. The van der Waals surface area contributed by atoms with E-state index < -0.39 is 41.6 Å². The highest BCUT2D eigenvalue weighted by Crippen LogP contribution is 2.31. The molecule has 1 saturated heterocycles. The minimum absolute atomic E-state index is 0.0347. The molecule has 0 bridgehead atoms. The summed E-state index contributed by atoms with van der Waals surface area (Å²) in [4.78, 5) is 62.0. The van der Waals surface area contributed by atoms with E-state index in [0.29, 0.717) is 10.5 Å². The summed E-state index contributed by atoms with van der Waals surface area (Å²) in [7, 11) is 0. The van der Waals surface area contributed by atoms with Crippen LogP contribution in [0.1, 0.15) is 48.3 Å². The molecule has 1 fully saturated rings. The van der Waals surface area contributed by atoms with Crippen molar-refractivity contribution in [3.63, 3.8) is 0 Å². The number of Topliss-reactive ketones (excluding diaryl/α,β-unsaturated/α-hetero) is 1. The number of carbonyl (C=O) groups excluding carboxylic acids is 3. The van der Waals surface area contributed by atoms with Crippen molar-refractivity contribution in [3.8, 4) is 0 Å². The second kappa shape index (κ2) is 12.1. The van der Waals surface area contributed by atoms with Crippen molar-refractivity contribution in [3.05, 3.63) is 68.5 Å². The zero-order chi connectivity index (χ0) is 25.5. The fraction of sp³-hybridized carbons (Fsp3) is 0.458. The van der Waals surface area contributed by atoms with Gasteiger partial charge >= 0.3 is 11.7 Å². The Bertz CT molecular complexity index is 1190. The molecule has 1 aliphatic heterocycles. The highest BCUT2D eigenvalue weighted by molar-refractivity contribution is 7.98. The van der Waals surface area contributed by atoms with Crippen molar-refractivity contribution >= 4 is 29.4 Å². The van der Waals surface area contributed by atoms with E-state index >= 15 is 0 Å². The van der Waals surface area contributed by atoms with Gasteiger partial charge in [-0.05, 0) is 32.2 Å². The summed E-state index contributed by atoms with van der Waals surface area (Å²) in [6, 6.07) is 8.05. The quantitative estimate of drug-likeness (QED) is 0.353. The molecule has 2 heterocycles. The van der Waals surface area contributed by atoms with Crippen molar-refractivity contribution in [1.82, 2.24) is 9.13 Å². The number of thioether (sulfide) groups is 1. The Morgan fingerprint density at radius 1 is 1.14 bits per heavy atom. The van der Waals surface area contributed by atoms with Gasteiger partial charge in [0.25, 0.3) is 11.5 Å².